The van der Waals surface area contributed by atoms with Gasteiger partial charge in [-0.2, -0.15) is 5.26 Å². The van der Waals surface area contributed by atoms with Crippen molar-refractivity contribution >= 4 is 21.6 Å². The summed E-state index contributed by atoms with van der Waals surface area (Å²) in [4.78, 5) is 6.85. The van der Waals surface area contributed by atoms with Crippen molar-refractivity contribution in [1.82, 2.24) is 9.88 Å². The highest BCUT2D eigenvalue weighted by molar-refractivity contribution is 7.18. The van der Waals surface area contributed by atoms with Crippen molar-refractivity contribution in [2.45, 2.75) is 19.9 Å². The van der Waals surface area contributed by atoms with E-state index < -0.39 is 0 Å². The number of aromatic nitrogens is 1. The van der Waals surface area contributed by atoms with Crippen LogP contribution in [-0.4, -0.2) is 23.5 Å². The second-order valence-electron chi connectivity index (χ2n) is 4.67. The van der Waals surface area contributed by atoms with Gasteiger partial charge < -0.3 is 0 Å². The fourth-order valence-electron chi connectivity index (χ4n) is 1.89. The number of hydrogen-bond acceptors (Lipinski definition) is 4. The van der Waals surface area contributed by atoms with Crippen molar-refractivity contribution < 1.29 is 0 Å². The quantitative estimate of drug-likeness (QED) is 0.844. The monoisotopic (exact) mass is 259 g/mol. The van der Waals surface area contributed by atoms with Crippen molar-refractivity contribution in [1.29, 1.82) is 5.26 Å². The van der Waals surface area contributed by atoms with Gasteiger partial charge in [0, 0.05) is 6.54 Å². The summed E-state index contributed by atoms with van der Waals surface area (Å²) in [6.45, 7) is 4.86. The Morgan fingerprint density at radius 2 is 2.11 bits per heavy atom. The van der Waals surface area contributed by atoms with E-state index in [2.05, 4.69) is 28.9 Å². The molecule has 18 heavy (non-hydrogen) atoms. The predicted octanol–water partition coefficient (Wildman–Crippen LogP) is 3.45. The molecule has 0 bridgehead atoms. The van der Waals surface area contributed by atoms with Gasteiger partial charge in [-0.25, -0.2) is 4.98 Å². The summed E-state index contributed by atoms with van der Waals surface area (Å²) in [5.74, 6) is 0.0480. The molecule has 0 N–H and O–H groups in total. The average Bonchev–Trinajstić information content (AvgIpc) is 2.81. The van der Waals surface area contributed by atoms with Gasteiger partial charge >= 0.3 is 0 Å². The molecule has 0 amide bonds. The molecule has 0 saturated carbocycles. The molecule has 2 aromatic rings. The topological polar surface area (TPSA) is 39.9 Å². The third kappa shape index (κ3) is 2.69. The number of nitriles is 1. The van der Waals surface area contributed by atoms with Crippen LogP contribution in [0.15, 0.2) is 24.3 Å². The fraction of sp³-hybridized carbons (Fsp3) is 0.429. The predicted molar refractivity (Wildman–Crippen MR) is 75.4 cm³/mol. The van der Waals surface area contributed by atoms with Crippen molar-refractivity contribution in [3.63, 3.8) is 0 Å². The minimum absolute atomic E-state index is 0.0480. The summed E-state index contributed by atoms with van der Waals surface area (Å²) in [7, 11) is 2.05. The Hall–Kier alpha value is -1.44. The summed E-state index contributed by atoms with van der Waals surface area (Å²) in [5.41, 5.74) is 1.06. The van der Waals surface area contributed by atoms with E-state index in [1.165, 1.54) is 4.70 Å². The van der Waals surface area contributed by atoms with Crippen molar-refractivity contribution in [3.05, 3.63) is 29.3 Å². The van der Waals surface area contributed by atoms with Crippen molar-refractivity contribution in [2.75, 3.05) is 13.6 Å². The molecule has 0 aliphatic rings. The molecule has 4 heteroatoms. The van der Waals surface area contributed by atoms with E-state index in [4.69, 9.17) is 5.26 Å². The Morgan fingerprint density at radius 3 is 2.78 bits per heavy atom. The lowest BCUT2D eigenvalue weighted by atomic mass is 10.2. The Morgan fingerprint density at radius 1 is 1.39 bits per heavy atom. The zero-order chi connectivity index (χ0) is 13.1. The molecule has 2 rings (SSSR count). The molecule has 0 aliphatic heterocycles. The van der Waals surface area contributed by atoms with Crippen LogP contribution < -0.4 is 0 Å². The smallest absolute Gasteiger partial charge is 0.111 e. The van der Waals surface area contributed by atoms with Gasteiger partial charge in [0.1, 0.15) is 5.01 Å². The van der Waals surface area contributed by atoms with Crippen LogP contribution in [0, 0.1) is 17.2 Å². The molecule has 0 unspecified atom stereocenters. The maximum absolute atomic E-state index is 8.86. The molecule has 3 nitrogen and oxygen atoms in total. The number of nitrogens with zero attached hydrogens (tertiary/aromatic N) is 3. The zero-order valence-corrected chi connectivity index (χ0v) is 11.7. The van der Waals surface area contributed by atoms with Gasteiger partial charge in [-0.05, 0) is 33.0 Å². The van der Waals surface area contributed by atoms with Gasteiger partial charge in [0.05, 0.1) is 28.2 Å². The van der Waals surface area contributed by atoms with Crippen molar-refractivity contribution in [2.24, 2.45) is 5.92 Å². The van der Waals surface area contributed by atoms with Crippen LogP contribution in [-0.2, 0) is 0 Å². The third-order valence-electron chi connectivity index (χ3n) is 3.11. The Balaban J connectivity index is 2.17. The summed E-state index contributed by atoms with van der Waals surface area (Å²) >= 11 is 1.73. The maximum atomic E-state index is 8.86. The molecular formula is C14H17N3S. The van der Waals surface area contributed by atoms with Crippen LogP contribution in [0.4, 0.5) is 0 Å². The lowest BCUT2D eigenvalue weighted by Crippen LogP contribution is -2.26. The molecule has 0 saturated heterocycles. The van der Waals surface area contributed by atoms with Gasteiger partial charge in [0.15, 0.2) is 0 Å². The summed E-state index contributed by atoms with van der Waals surface area (Å²) in [5, 5.41) is 9.98. The lowest BCUT2D eigenvalue weighted by molar-refractivity contribution is 0.244. The van der Waals surface area contributed by atoms with Gasteiger partial charge in [-0.15, -0.1) is 11.3 Å². The maximum Gasteiger partial charge on any atom is 0.111 e. The van der Waals surface area contributed by atoms with E-state index in [1.54, 1.807) is 11.3 Å². The highest BCUT2D eigenvalue weighted by atomic mass is 32.1. The first-order chi connectivity index (χ1) is 8.61. The van der Waals surface area contributed by atoms with Gasteiger partial charge in [0.2, 0.25) is 0 Å². The number of fused-ring (bicyclic) bond motifs is 1. The molecule has 0 fully saturated rings. The Bertz CT molecular complexity index is 537. The minimum Gasteiger partial charge on any atom is -0.296 e. The van der Waals surface area contributed by atoms with Crippen LogP contribution in [0.1, 0.15) is 24.9 Å². The highest BCUT2D eigenvalue weighted by Crippen LogP contribution is 2.28. The van der Waals surface area contributed by atoms with Crippen LogP contribution in [0.3, 0.4) is 0 Å². The fourth-order valence-corrected chi connectivity index (χ4v) is 2.97. The van der Waals surface area contributed by atoms with Crippen LogP contribution in [0.2, 0.25) is 0 Å². The molecule has 0 spiro atoms. The van der Waals surface area contributed by atoms with E-state index in [-0.39, 0.29) is 12.0 Å². The van der Waals surface area contributed by atoms with E-state index >= 15 is 0 Å². The first-order valence-electron chi connectivity index (χ1n) is 6.07. The molecular weight excluding hydrogens is 242 g/mol. The molecule has 0 aliphatic carbocycles. The standard InChI is InChI=1S/C14H17N3S/c1-10(8-15)9-17(3)11(2)14-16-12-6-4-5-7-13(12)18-14/h4-7,10-11H,9H2,1-3H3/t10-,11-/m0/s1. The number of rotatable bonds is 4. The molecule has 94 valence electrons. The minimum atomic E-state index is 0.0480. The molecule has 2 atom stereocenters. The first-order valence-corrected chi connectivity index (χ1v) is 6.88. The van der Waals surface area contributed by atoms with Crippen LogP contribution >= 0.6 is 11.3 Å². The summed E-state index contributed by atoms with van der Waals surface area (Å²) in [6.07, 6.45) is 0. The molecule has 1 aromatic heterocycles. The number of benzene rings is 1. The summed E-state index contributed by atoms with van der Waals surface area (Å²) < 4.78 is 1.22. The second kappa shape index (κ2) is 5.47. The number of para-hydroxylation sites is 1. The van der Waals surface area contributed by atoms with Crippen LogP contribution in [0.25, 0.3) is 10.2 Å². The molecule has 0 radical (unpaired) electrons. The van der Waals surface area contributed by atoms with Gasteiger partial charge in [0.25, 0.3) is 0 Å². The first kappa shape index (κ1) is 13.0. The van der Waals surface area contributed by atoms with E-state index in [9.17, 15) is 0 Å². The zero-order valence-electron chi connectivity index (χ0n) is 10.9. The molecule has 1 aromatic carbocycles. The summed E-state index contributed by atoms with van der Waals surface area (Å²) in [6, 6.07) is 10.7. The van der Waals surface area contributed by atoms with Gasteiger partial charge in [-0.1, -0.05) is 12.1 Å². The third-order valence-corrected chi connectivity index (χ3v) is 4.32. The average molecular weight is 259 g/mol. The van der Waals surface area contributed by atoms with Gasteiger partial charge in [-0.3, -0.25) is 4.90 Å². The van der Waals surface area contributed by atoms with E-state index in [0.29, 0.717) is 0 Å². The Kier molecular flexibility index (Phi) is 3.95. The van der Waals surface area contributed by atoms with Crippen molar-refractivity contribution in [3.8, 4) is 6.07 Å². The molecule has 1 heterocycles. The highest BCUT2D eigenvalue weighted by Gasteiger charge is 2.17. The normalized spacial score (nSPS) is 14.6. The number of thiazole rings is 1. The lowest BCUT2D eigenvalue weighted by Gasteiger charge is -2.23. The SMILES string of the molecule is C[C@@H](C#N)CN(C)[C@@H](C)c1nc2ccccc2s1. The van der Waals surface area contributed by atoms with E-state index in [0.717, 1.165) is 17.1 Å². The number of hydrogen-bond donors (Lipinski definition) is 0. The second-order valence-corrected chi connectivity index (χ2v) is 5.73. The largest absolute Gasteiger partial charge is 0.296 e. The van der Waals surface area contributed by atoms with Crippen LogP contribution in [0.5, 0.6) is 0 Å². The van der Waals surface area contributed by atoms with E-state index in [1.807, 2.05) is 32.2 Å². The Labute approximate surface area is 112 Å².